The molecule has 1 saturated heterocycles. The average molecular weight is 447 g/mol. The number of rotatable bonds is 7. The zero-order chi connectivity index (χ0) is 22.8. The topological polar surface area (TPSA) is 96.0 Å². The van der Waals surface area contributed by atoms with Crippen LogP contribution in [0, 0.1) is 0 Å². The number of methoxy groups -OCH3 is 1. The van der Waals surface area contributed by atoms with E-state index in [9.17, 15) is 9.59 Å². The van der Waals surface area contributed by atoms with Crippen LogP contribution in [0.2, 0.25) is 0 Å². The highest BCUT2D eigenvalue weighted by molar-refractivity contribution is 6.03. The maximum absolute atomic E-state index is 12.9. The first-order valence-corrected chi connectivity index (χ1v) is 11.2. The van der Waals surface area contributed by atoms with Gasteiger partial charge in [-0.2, -0.15) is 0 Å². The van der Waals surface area contributed by atoms with Gasteiger partial charge in [0.15, 0.2) is 11.5 Å². The average Bonchev–Trinajstić information content (AvgIpc) is 3.46. The van der Waals surface area contributed by atoms with Crippen molar-refractivity contribution in [2.75, 3.05) is 26.8 Å². The Morgan fingerprint density at radius 1 is 1.24 bits per heavy atom. The number of ether oxygens (including phenoxy) is 2. The summed E-state index contributed by atoms with van der Waals surface area (Å²) in [7, 11) is 1.55. The molecule has 170 valence electrons. The van der Waals surface area contributed by atoms with E-state index in [-0.39, 0.29) is 17.9 Å². The van der Waals surface area contributed by atoms with Gasteiger partial charge < -0.3 is 24.7 Å². The minimum absolute atomic E-state index is 0.0189. The summed E-state index contributed by atoms with van der Waals surface area (Å²) in [6, 6.07) is 13.1. The van der Waals surface area contributed by atoms with Gasteiger partial charge in [-0.05, 0) is 37.5 Å². The van der Waals surface area contributed by atoms with Crippen LogP contribution in [0.15, 0.2) is 47.5 Å². The molecule has 0 spiro atoms. The Morgan fingerprint density at radius 2 is 2.12 bits per heavy atom. The van der Waals surface area contributed by atoms with E-state index in [2.05, 4.69) is 15.3 Å². The van der Waals surface area contributed by atoms with Gasteiger partial charge in [0.2, 0.25) is 0 Å². The van der Waals surface area contributed by atoms with E-state index in [4.69, 9.17) is 9.47 Å². The minimum atomic E-state index is -0.151. The van der Waals surface area contributed by atoms with E-state index >= 15 is 0 Å². The van der Waals surface area contributed by atoms with Gasteiger partial charge in [-0.15, -0.1) is 0 Å². The van der Waals surface area contributed by atoms with Gasteiger partial charge in [-0.3, -0.25) is 14.6 Å². The molecular formula is C25H26N4O4. The van der Waals surface area contributed by atoms with Gasteiger partial charge in [-0.1, -0.05) is 18.2 Å². The number of para-hydroxylation sites is 1. The van der Waals surface area contributed by atoms with Crippen LogP contribution in [-0.2, 0) is 0 Å². The molecule has 3 aromatic rings. The highest BCUT2D eigenvalue weighted by atomic mass is 16.5. The SMILES string of the molecule is COc1cc2c(cc1OCCCNC(=O)c1cc3ccccc3[nH]1)N=C[C@@H]1CCCN1C2=O. The molecule has 0 aliphatic carbocycles. The molecule has 8 nitrogen and oxygen atoms in total. The van der Waals surface area contributed by atoms with E-state index in [1.807, 2.05) is 41.4 Å². The molecule has 2 N–H and O–H groups in total. The standard InChI is InChI=1S/C25H26N4O4/c1-32-22-13-18-20(27-15-17-7-4-10-29(17)25(18)31)14-23(22)33-11-5-9-26-24(30)21-12-16-6-2-3-8-19(16)28-21/h2-3,6,8,12-15,17,28H,4-5,7,9-11H2,1H3,(H,26,30)/t17-/m0/s1. The first-order valence-electron chi connectivity index (χ1n) is 11.2. The van der Waals surface area contributed by atoms with E-state index in [1.165, 1.54) is 0 Å². The van der Waals surface area contributed by atoms with Crippen molar-refractivity contribution in [2.45, 2.75) is 25.3 Å². The molecule has 8 heteroatoms. The van der Waals surface area contributed by atoms with E-state index in [1.54, 1.807) is 19.2 Å². The van der Waals surface area contributed by atoms with Crippen molar-refractivity contribution >= 4 is 34.6 Å². The molecule has 2 amide bonds. The van der Waals surface area contributed by atoms with Gasteiger partial charge in [0, 0.05) is 36.3 Å². The maximum atomic E-state index is 12.9. The zero-order valence-corrected chi connectivity index (χ0v) is 18.5. The largest absolute Gasteiger partial charge is 0.493 e. The number of nitrogens with one attached hydrogen (secondary N) is 2. The number of fused-ring (bicyclic) bond motifs is 3. The van der Waals surface area contributed by atoms with Crippen LogP contribution >= 0.6 is 0 Å². The number of carbonyl (C=O) groups is 2. The van der Waals surface area contributed by atoms with Crippen molar-refractivity contribution in [3.63, 3.8) is 0 Å². The van der Waals surface area contributed by atoms with Crippen LogP contribution in [0.1, 0.15) is 40.1 Å². The molecule has 2 aromatic carbocycles. The Bertz CT molecular complexity index is 1200. The lowest BCUT2D eigenvalue weighted by atomic mass is 10.1. The predicted octanol–water partition coefficient (Wildman–Crippen LogP) is 3.70. The van der Waals surface area contributed by atoms with Crippen molar-refractivity contribution in [1.29, 1.82) is 0 Å². The second-order valence-corrected chi connectivity index (χ2v) is 8.23. The summed E-state index contributed by atoms with van der Waals surface area (Å²) in [5.74, 6) is 0.860. The lowest BCUT2D eigenvalue weighted by Crippen LogP contribution is -2.35. The molecule has 1 fully saturated rings. The Morgan fingerprint density at radius 3 is 2.97 bits per heavy atom. The first-order chi connectivity index (χ1) is 16.1. The molecule has 0 radical (unpaired) electrons. The summed E-state index contributed by atoms with van der Waals surface area (Å²) in [6.07, 6.45) is 4.40. The minimum Gasteiger partial charge on any atom is -0.493 e. The molecule has 2 aliphatic heterocycles. The highest BCUT2D eigenvalue weighted by Crippen LogP contribution is 2.38. The van der Waals surface area contributed by atoms with Gasteiger partial charge in [0.25, 0.3) is 11.8 Å². The van der Waals surface area contributed by atoms with Gasteiger partial charge >= 0.3 is 0 Å². The number of H-pyrrole nitrogens is 1. The third kappa shape index (κ3) is 4.16. The molecule has 0 bridgehead atoms. The lowest BCUT2D eigenvalue weighted by Gasteiger charge is -2.20. The highest BCUT2D eigenvalue weighted by Gasteiger charge is 2.32. The first kappa shape index (κ1) is 21.1. The van der Waals surface area contributed by atoms with Gasteiger partial charge in [0.05, 0.1) is 31.0 Å². The molecule has 33 heavy (non-hydrogen) atoms. The number of hydrogen-bond donors (Lipinski definition) is 2. The van der Waals surface area contributed by atoms with Gasteiger partial charge in [-0.25, -0.2) is 0 Å². The van der Waals surface area contributed by atoms with Crippen molar-refractivity contribution in [3.8, 4) is 11.5 Å². The molecule has 0 saturated carbocycles. The van der Waals surface area contributed by atoms with Crippen molar-refractivity contribution in [2.24, 2.45) is 4.99 Å². The number of nitrogens with zero attached hydrogens (tertiary/aromatic N) is 2. The summed E-state index contributed by atoms with van der Waals surface area (Å²) >= 11 is 0. The van der Waals surface area contributed by atoms with Crippen LogP contribution in [0.25, 0.3) is 10.9 Å². The number of aliphatic imine (C=N–C) groups is 1. The number of hydrogen-bond acceptors (Lipinski definition) is 5. The molecule has 2 aliphatic rings. The van der Waals surface area contributed by atoms with Crippen LogP contribution in [0.5, 0.6) is 11.5 Å². The summed E-state index contributed by atoms with van der Waals surface area (Å²) in [6.45, 7) is 1.60. The second-order valence-electron chi connectivity index (χ2n) is 8.23. The molecular weight excluding hydrogens is 420 g/mol. The molecule has 5 rings (SSSR count). The van der Waals surface area contributed by atoms with E-state index < -0.39 is 0 Å². The van der Waals surface area contributed by atoms with E-state index in [0.29, 0.717) is 48.0 Å². The monoisotopic (exact) mass is 446 g/mol. The number of benzene rings is 2. The summed E-state index contributed by atoms with van der Waals surface area (Å²) in [5.41, 5.74) is 2.60. The van der Waals surface area contributed by atoms with Gasteiger partial charge in [0.1, 0.15) is 5.69 Å². The van der Waals surface area contributed by atoms with E-state index in [0.717, 1.165) is 30.3 Å². The Balaban J connectivity index is 1.19. The van der Waals surface area contributed by atoms with Crippen LogP contribution in [0.4, 0.5) is 5.69 Å². The lowest BCUT2D eigenvalue weighted by molar-refractivity contribution is 0.0774. The molecule has 1 aromatic heterocycles. The Labute approximate surface area is 191 Å². The summed E-state index contributed by atoms with van der Waals surface area (Å²) in [5, 5.41) is 3.91. The van der Waals surface area contributed by atoms with Crippen LogP contribution < -0.4 is 14.8 Å². The predicted molar refractivity (Wildman–Crippen MR) is 126 cm³/mol. The maximum Gasteiger partial charge on any atom is 0.267 e. The number of aromatic amines is 1. The third-order valence-electron chi connectivity index (χ3n) is 6.10. The second kappa shape index (κ2) is 8.97. The fraction of sp³-hybridized carbons (Fsp3) is 0.320. The smallest absolute Gasteiger partial charge is 0.267 e. The Hall–Kier alpha value is -3.81. The number of carbonyl (C=O) groups excluding carboxylic acids is 2. The zero-order valence-electron chi connectivity index (χ0n) is 18.5. The normalized spacial score (nSPS) is 16.9. The summed E-state index contributed by atoms with van der Waals surface area (Å²) < 4.78 is 11.4. The van der Waals surface area contributed by atoms with Crippen LogP contribution in [0.3, 0.4) is 0 Å². The van der Waals surface area contributed by atoms with Crippen molar-refractivity contribution in [3.05, 3.63) is 53.7 Å². The summed E-state index contributed by atoms with van der Waals surface area (Å²) in [4.78, 5) is 34.9. The molecule has 3 heterocycles. The number of amides is 2. The molecule has 1 atom stereocenters. The number of aromatic nitrogens is 1. The Kier molecular flexibility index (Phi) is 5.73. The van der Waals surface area contributed by atoms with Crippen LogP contribution in [-0.4, -0.2) is 60.8 Å². The van der Waals surface area contributed by atoms with Crippen molar-refractivity contribution < 1.29 is 19.1 Å². The molecule has 0 unspecified atom stereocenters. The third-order valence-corrected chi connectivity index (χ3v) is 6.10. The fourth-order valence-corrected chi connectivity index (χ4v) is 4.37. The van der Waals surface area contributed by atoms with Crippen molar-refractivity contribution in [1.82, 2.24) is 15.2 Å². The quantitative estimate of drug-likeness (QED) is 0.541. The fourth-order valence-electron chi connectivity index (χ4n) is 4.37.